The number of ether oxygens (including phenoxy) is 2. The van der Waals surface area contributed by atoms with Crippen molar-refractivity contribution in [3.8, 4) is 11.5 Å². The fourth-order valence-corrected chi connectivity index (χ4v) is 4.93. The molecular weight excluding hydrogens is 416 g/mol. The van der Waals surface area contributed by atoms with Gasteiger partial charge in [0.15, 0.2) is 17.3 Å². The van der Waals surface area contributed by atoms with Gasteiger partial charge in [-0.15, -0.1) is 5.10 Å². The van der Waals surface area contributed by atoms with Crippen molar-refractivity contribution >= 4 is 5.69 Å². The minimum Gasteiger partial charge on any atom is -0.454 e. The van der Waals surface area contributed by atoms with E-state index >= 15 is 0 Å². The molecule has 0 bridgehead atoms. The van der Waals surface area contributed by atoms with E-state index in [1.54, 1.807) is 0 Å². The first-order chi connectivity index (χ1) is 16.0. The summed E-state index contributed by atoms with van der Waals surface area (Å²) >= 11 is 0. The third kappa shape index (κ3) is 4.39. The standard InChI is InChI=1S/C25H32N6O2/c1-17(2)24(30-11-9-29(10-12-30)21-13-18(3)5-6-19(21)4)25-26-27-28-31(25)15-20-7-8-22-23(14-20)33-16-32-22/h5-8,13-14,17,24H,9-12,15-16H2,1-4H3. The maximum atomic E-state index is 5.54. The Morgan fingerprint density at radius 1 is 0.939 bits per heavy atom. The molecule has 1 saturated heterocycles. The van der Waals surface area contributed by atoms with Crippen LogP contribution >= 0.6 is 0 Å². The van der Waals surface area contributed by atoms with Crippen molar-refractivity contribution in [1.29, 1.82) is 0 Å². The fraction of sp³-hybridized carbons (Fsp3) is 0.480. The number of rotatable bonds is 6. The smallest absolute Gasteiger partial charge is 0.231 e. The number of benzene rings is 2. The number of fused-ring (bicyclic) bond motifs is 1. The molecule has 0 amide bonds. The van der Waals surface area contributed by atoms with Crippen molar-refractivity contribution in [2.24, 2.45) is 5.92 Å². The van der Waals surface area contributed by atoms with Crippen LogP contribution in [0.1, 0.15) is 42.4 Å². The normalized spacial score (nSPS) is 17.1. The van der Waals surface area contributed by atoms with Crippen molar-refractivity contribution in [2.45, 2.75) is 40.3 Å². The predicted octanol–water partition coefficient (Wildman–Crippen LogP) is 3.59. The van der Waals surface area contributed by atoms with E-state index in [1.807, 2.05) is 22.9 Å². The number of nitrogens with zero attached hydrogens (tertiary/aromatic N) is 6. The molecule has 3 aromatic rings. The Labute approximate surface area is 195 Å². The van der Waals surface area contributed by atoms with Gasteiger partial charge in [-0.3, -0.25) is 4.90 Å². The molecule has 8 heteroatoms. The highest BCUT2D eigenvalue weighted by Crippen LogP contribution is 2.34. The number of hydrogen-bond acceptors (Lipinski definition) is 7. The first kappa shape index (κ1) is 21.7. The minimum absolute atomic E-state index is 0.162. The van der Waals surface area contributed by atoms with E-state index in [9.17, 15) is 0 Å². The molecule has 1 aromatic heterocycles. The average Bonchev–Trinajstić information content (AvgIpc) is 3.45. The summed E-state index contributed by atoms with van der Waals surface area (Å²) in [5.74, 6) is 2.88. The van der Waals surface area contributed by atoms with Crippen molar-refractivity contribution in [3.63, 3.8) is 0 Å². The molecule has 174 valence electrons. The molecule has 2 aliphatic heterocycles. The summed E-state index contributed by atoms with van der Waals surface area (Å²) < 4.78 is 12.9. The fourth-order valence-electron chi connectivity index (χ4n) is 4.93. The van der Waals surface area contributed by atoms with Crippen LogP contribution in [0.4, 0.5) is 5.69 Å². The van der Waals surface area contributed by atoms with Gasteiger partial charge in [-0.2, -0.15) is 0 Å². The van der Waals surface area contributed by atoms with Crippen molar-refractivity contribution in [1.82, 2.24) is 25.1 Å². The summed E-state index contributed by atoms with van der Waals surface area (Å²) in [6, 6.07) is 12.9. The lowest BCUT2D eigenvalue weighted by molar-refractivity contribution is 0.135. The number of tetrazole rings is 1. The van der Waals surface area contributed by atoms with Crippen LogP contribution in [-0.4, -0.2) is 58.1 Å². The van der Waals surface area contributed by atoms with Crippen LogP contribution in [0.25, 0.3) is 0 Å². The van der Waals surface area contributed by atoms with Crippen molar-refractivity contribution in [2.75, 3.05) is 37.9 Å². The molecule has 0 spiro atoms. The summed E-state index contributed by atoms with van der Waals surface area (Å²) in [7, 11) is 0. The van der Waals surface area contributed by atoms with Crippen LogP contribution in [0.2, 0.25) is 0 Å². The summed E-state index contributed by atoms with van der Waals surface area (Å²) in [5, 5.41) is 12.9. The lowest BCUT2D eigenvalue weighted by Gasteiger charge is -2.41. The number of piperazine rings is 1. The zero-order valence-corrected chi connectivity index (χ0v) is 19.9. The topological polar surface area (TPSA) is 68.5 Å². The SMILES string of the molecule is Cc1ccc(C)c(N2CCN(C(c3nnnn3Cc3ccc4c(c3)OCO4)C(C)C)CC2)c1. The van der Waals surface area contributed by atoms with E-state index in [0.29, 0.717) is 12.5 Å². The van der Waals surface area contributed by atoms with Crippen LogP contribution < -0.4 is 14.4 Å². The highest BCUT2D eigenvalue weighted by atomic mass is 16.7. The second-order valence-corrected chi connectivity index (χ2v) is 9.38. The maximum Gasteiger partial charge on any atom is 0.231 e. The molecule has 0 aliphatic carbocycles. The third-order valence-electron chi connectivity index (χ3n) is 6.64. The van der Waals surface area contributed by atoms with E-state index in [0.717, 1.165) is 49.1 Å². The molecule has 5 rings (SSSR count). The minimum atomic E-state index is 0.162. The van der Waals surface area contributed by atoms with Gasteiger partial charge in [-0.05, 0) is 65.1 Å². The Kier molecular flexibility index (Phi) is 5.93. The lowest BCUT2D eigenvalue weighted by atomic mass is 10.00. The number of aryl methyl sites for hydroxylation is 2. The van der Waals surface area contributed by atoms with E-state index in [1.165, 1.54) is 16.8 Å². The zero-order chi connectivity index (χ0) is 22.9. The van der Waals surface area contributed by atoms with Crippen LogP contribution in [0.5, 0.6) is 11.5 Å². The number of hydrogen-bond donors (Lipinski definition) is 0. The molecule has 1 unspecified atom stereocenters. The molecular formula is C25H32N6O2. The van der Waals surface area contributed by atoms with Crippen molar-refractivity contribution < 1.29 is 9.47 Å². The summed E-state index contributed by atoms with van der Waals surface area (Å²) in [4.78, 5) is 5.04. The lowest BCUT2D eigenvalue weighted by Crippen LogP contribution is -2.49. The first-order valence-electron chi connectivity index (χ1n) is 11.7. The second kappa shape index (κ2) is 9.02. The van der Waals surface area contributed by atoms with Gasteiger partial charge in [-0.25, -0.2) is 4.68 Å². The Bertz CT molecular complexity index is 1120. The third-order valence-corrected chi connectivity index (χ3v) is 6.64. The van der Waals surface area contributed by atoms with Gasteiger partial charge in [0.25, 0.3) is 0 Å². The molecule has 33 heavy (non-hydrogen) atoms. The molecule has 0 radical (unpaired) electrons. The zero-order valence-electron chi connectivity index (χ0n) is 19.9. The molecule has 1 fully saturated rings. The van der Waals surface area contributed by atoms with E-state index in [2.05, 4.69) is 71.2 Å². The van der Waals surface area contributed by atoms with Gasteiger partial charge in [0.2, 0.25) is 6.79 Å². The molecule has 0 saturated carbocycles. The number of aromatic nitrogens is 4. The quantitative estimate of drug-likeness (QED) is 0.571. The molecule has 1 atom stereocenters. The monoisotopic (exact) mass is 448 g/mol. The van der Waals surface area contributed by atoms with Gasteiger partial charge in [0.1, 0.15) is 0 Å². The van der Waals surface area contributed by atoms with Gasteiger partial charge < -0.3 is 14.4 Å². The highest BCUT2D eigenvalue weighted by molar-refractivity contribution is 5.55. The second-order valence-electron chi connectivity index (χ2n) is 9.38. The summed E-state index contributed by atoms with van der Waals surface area (Å²) in [6.45, 7) is 13.7. The molecule has 0 N–H and O–H groups in total. The Morgan fingerprint density at radius 3 is 2.52 bits per heavy atom. The largest absolute Gasteiger partial charge is 0.454 e. The Balaban J connectivity index is 1.32. The van der Waals surface area contributed by atoms with Gasteiger partial charge >= 0.3 is 0 Å². The van der Waals surface area contributed by atoms with E-state index in [4.69, 9.17) is 9.47 Å². The van der Waals surface area contributed by atoms with E-state index < -0.39 is 0 Å². The van der Waals surface area contributed by atoms with Crippen LogP contribution in [0.3, 0.4) is 0 Å². The van der Waals surface area contributed by atoms with Gasteiger partial charge in [0, 0.05) is 31.9 Å². The molecule has 2 aliphatic rings. The molecule has 2 aromatic carbocycles. The van der Waals surface area contributed by atoms with Gasteiger partial charge in [-0.1, -0.05) is 32.0 Å². The first-order valence-corrected chi connectivity index (χ1v) is 11.7. The predicted molar refractivity (Wildman–Crippen MR) is 127 cm³/mol. The van der Waals surface area contributed by atoms with E-state index in [-0.39, 0.29) is 12.8 Å². The van der Waals surface area contributed by atoms with Gasteiger partial charge in [0.05, 0.1) is 12.6 Å². The highest BCUT2D eigenvalue weighted by Gasteiger charge is 2.32. The van der Waals surface area contributed by atoms with Crippen molar-refractivity contribution in [3.05, 3.63) is 58.9 Å². The van der Waals surface area contributed by atoms with Crippen LogP contribution in [0.15, 0.2) is 36.4 Å². The Hall–Kier alpha value is -3.13. The molecule has 8 nitrogen and oxygen atoms in total. The summed E-state index contributed by atoms with van der Waals surface area (Å²) in [5.41, 5.74) is 5.08. The maximum absolute atomic E-state index is 5.54. The average molecular weight is 449 g/mol. The Morgan fingerprint density at radius 2 is 1.73 bits per heavy atom. The summed E-state index contributed by atoms with van der Waals surface area (Å²) in [6.07, 6.45) is 0. The molecule has 3 heterocycles. The van der Waals surface area contributed by atoms with Crippen LogP contribution in [-0.2, 0) is 6.54 Å². The number of anilines is 1. The van der Waals surface area contributed by atoms with Crippen LogP contribution in [0, 0.1) is 19.8 Å².